The van der Waals surface area contributed by atoms with Crippen molar-refractivity contribution in [3.05, 3.63) is 0 Å². The zero-order valence-electron chi connectivity index (χ0n) is 2.36. The summed E-state index contributed by atoms with van der Waals surface area (Å²) in [5, 5.41) is 0. The summed E-state index contributed by atoms with van der Waals surface area (Å²) in [5.74, 6) is 0. The van der Waals surface area contributed by atoms with Crippen LogP contribution in [0.15, 0.2) is 0 Å². The molecule has 0 aromatic carbocycles. The van der Waals surface area contributed by atoms with Crippen molar-refractivity contribution < 1.29 is 29.0 Å². The minimum absolute atomic E-state index is 0. The van der Waals surface area contributed by atoms with Gasteiger partial charge in [-0.15, -0.1) is 0 Å². The van der Waals surface area contributed by atoms with Crippen molar-refractivity contribution in [2.75, 3.05) is 0 Å². The fourth-order valence-electron chi connectivity index (χ4n) is 0. The Labute approximate surface area is 46.7 Å². The van der Waals surface area contributed by atoms with E-state index in [9.17, 15) is 0 Å². The van der Waals surface area contributed by atoms with E-state index in [1.54, 1.807) is 0 Å². The number of halogens is 1. The zero-order chi connectivity index (χ0) is 0. The number of hydrogen-bond donors (Lipinski definition) is 0. The number of rotatable bonds is 0. The van der Waals surface area contributed by atoms with E-state index in [4.69, 9.17) is 0 Å². The summed E-state index contributed by atoms with van der Waals surface area (Å²) in [6.45, 7) is 0. The molecular formula is AlFLiO+. The van der Waals surface area contributed by atoms with Crippen molar-refractivity contribution in [3.8, 4) is 0 Å². The van der Waals surface area contributed by atoms with E-state index in [1.807, 2.05) is 0 Å². The first-order valence-corrected chi connectivity index (χ1v) is 0. The third-order valence-corrected chi connectivity index (χ3v) is 0. The van der Waals surface area contributed by atoms with Crippen LogP contribution in [0.25, 0.3) is 0 Å². The van der Waals surface area contributed by atoms with Crippen LogP contribution in [0.5, 0.6) is 0 Å². The standard InChI is InChI=1S/Al.FH.Li.O/h;1H;;/q+3;;+1;-2/p-1. The molecular weight excluding hydrogens is 68.9 g/mol. The molecule has 0 radical (unpaired) electrons. The Bertz CT molecular complexity index is 8.00. The maximum absolute atomic E-state index is 0. The van der Waals surface area contributed by atoms with Crippen molar-refractivity contribution in [2.24, 2.45) is 0 Å². The average molecular weight is 68.9 g/mol. The number of hydrogen-bond acceptors (Lipinski definition) is 0. The molecule has 4 heteroatoms. The quantitative estimate of drug-likeness (QED) is 0.253. The van der Waals surface area contributed by atoms with Gasteiger partial charge in [0.05, 0.1) is 0 Å². The van der Waals surface area contributed by atoms with Gasteiger partial charge in [-0.05, 0) is 0 Å². The van der Waals surface area contributed by atoms with Crippen molar-refractivity contribution in [1.29, 1.82) is 0 Å². The Balaban J connectivity index is 0. The molecule has 0 saturated heterocycles. The second-order valence-corrected chi connectivity index (χ2v) is 0. The van der Waals surface area contributed by atoms with Gasteiger partial charge in [0.25, 0.3) is 0 Å². The van der Waals surface area contributed by atoms with Gasteiger partial charge in [-0.2, -0.15) is 0 Å². The molecule has 0 atom stereocenters. The van der Waals surface area contributed by atoms with Crippen LogP contribution >= 0.6 is 0 Å². The molecule has 0 aliphatic rings. The molecule has 0 fully saturated rings. The summed E-state index contributed by atoms with van der Waals surface area (Å²) in [7, 11) is 0. The second-order valence-electron chi connectivity index (χ2n) is 0. The molecule has 4 heavy (non-hydrogen) atoms. The molecule has 0 aromatic rings. The van der Waals surface area contributed by atoms with Gasteiger partial charge in [0, 0.05) is 0 Å². The minimum atomic E-state index is 0. The van der Waals surface area contributed by atoms with Gasteiger partial charge in [-0.1, -0.05) is 0 Å². The van der Waals surface area contributed by atoms with E-state index in [-0.39, 0.29) is 46.4 Å². The monoisotopic (exact) mass is 69.0 g/mol. The maximum atomic E-state index is 0. The predicted molar refractivity (Wildman–Crippen MR) is 6.44 cm³/mol. The van der Waals surface area contributed by atoms with Crippen LogP contribution in [0.2, 0.25) is 0 Å². The van der Waals surface area contributed by atoms with Crippen LogP contribution in [-0.2, 0) is 5.48 Å². The molecule has 0 bridgehead atoms. The van der Waals surface area contributed by atoms with E-state index in [0.717, 1.165) is 0 Å². The van der Waals surface area contributed by atoms with Gasteiger partial charge in [-0.25, -0.2) is 0 Å². The van der Waals surface area contributed by atoms with Crippen LogP contribution in [0.1, 0.15) is 0 Å². The van der Waals surface area contributed by atoms with Gasteiger partial charge in [0.1, 0.15) is 0 Å². The second kappa shape index (κ2) is 35.2. The first-order valence-electron chi connectivity index (χ1n) is 0. The molecule has 0 spiro atoms. The fraction of sp³-hybridized carbons (Fsp3) is 0. The Morgan fingerprint density at radius 2 is 1.00 bits per heavy atom. The molecule has 0 unspecified atom stereocenters. The van der Waals surface area contributed by atoms with E-state index >= 15 is 0 Å². The van der Waals surface area contributed by atoms with E-state index < -0.39 is 0 Å². The molecule has 0 heterocycles. The summed E-state index contributed by atoms with van der Waals surface area (Å²) in [6.07, 6.45) is 0. The van der Waals surface area contributed by atoms with E-state index in [0.29, 0.717) is 0 Å². The van der Waals surface area contributed by atoms with Crippen LogP contribution in [0, 0.1) is 0 Å². The van der Waals surface area contributed by atoms with Crippen LogP contribution in [-0.4, -0.2) is 17.4 Å². The SMILES string of the molecule is [Al+3].[F-].[Li+].[O-2]. The molecule has 0 saturated carbocycles. The normalized spacial score (nSPS) is 0. The van der Waals surface area contributed by atoms with Gasteiger partial charge in [-0.3, -0.25) is 0 Å². The molecule has 0 rings (SSSR count). The van der Waals surface area contributed by atoms with Crippen molar-refractivity contribution in [1.82, 2.24) is 0 Å². The molecule has 0 aliphatic heterocycles. The minimum Gasteiger partial charge on any atom is -2.00 e. The fourth-order valence-corrected chi connectivity index (χ4v) is 0. The predicted octanol–water partition coefficient (Wildman–Crippen LogP) is -6.49. The van der Waals surface area contributed by atoms with Gasteiger partial charge < -0.3 is 10.2 Å². The summed E-state index contributed by atoms with van der Waals surface area (Å²) in [5.41, 5.74) is 0. The third-order valence-electron chi connectivity index (χ3n) is 0. The molecule has 16 valence electrons. The summed E-state index contributed by atoms with van der Waals surface area (Å²) in [4.78, 5) is 0. The Kier molecular flexibility index (Phi) is 687. The Morgan fingerprint density at radius 1 is 1.00 bits per heavy atom. The van der Waals surface area contributed by atoms with Gasteiger partial charge in [0.15, 0.2) is 0 Å². The van der Waals surface area contributed by atoms with Crippen molar-refractivity contribution in [3.63, 3.8) is 0 Å². The molecule has 0 aliphatic carbocycles. The first-order chi connectivity index (χ1) is 0. The van der Waals surface area contributed by atoms with E-state index in [2.05, 4.69) is 0 Å². The summed E-state index contributed by atoms with van der Waals surface area (Å²) >= 11 is 0. The molecule has 0 aromatic heterocycles. The van der Waals surface area contributed by atoms with Crippen LogP contribution < -0.4 is 23.6 Å². The summed E-state index contributed by atoms with van der Waals surface area (Å²) in [6, 6.07) is 0. The molecule has 0 N–H and O–H groups in total. The topological polar surface area (TPSA) is 28.5 Å². The maximum Gasteiger partial charge on any atom is 3.00 e. The molecule has 1 nitrogen and oxygen atoms in total. The van der Waals surface area contributed by atoms with Gasteiger partial charge >= 0.3 is 36.2 Å². The van der Waals surface area contributed by atoms with E-state index in [1.165, 1.54) is 0 Å². The first kappa shape index (κ1) is 78.0. The largest absolute Gasteiger partial charge is 3.00 e. The third kappa shape index (κ3) is 11.8. The van der Waals surface area contributed by atoms with Gasteiger partial charge in [0.2, 0.25) is 0 Å². The molecule has 0 amide bonds. The smallest absolute Gasteiger partial charge is 2.00 e. The van der Waals surface area contributed by atoms with Crippen molar-refractivity contribution in [2.45, 2.75) is 0 Å². The van der Waals surface area contributed by atoms with Crippen LogP contribution in [0.3, 0.4) is 0 Å². The van der Waals surface area contributed by atoms with Crippen LogP contribution in [0.4, 0.5) is 0 Å². The summed E-state index contributed by atoms with van der Waals surface area (Å²) < 4.78 is 0. The zero-order valence-corrected chi connectivity index (χ0v) is 3.52. The average Bonchev–Trinajstić information content (AvgIpc) is 0. The Morgan fingerprint density at radius 3 is 1.00 bits per heavy atom. The van der Waals surface area contributed by atoms with Crippen molar-refractivity contribution >= 4 is 17.4 Å². The Hall–Kier alpha value is 1.02.